The van der Waals surface area contributed by atoms with E-state index in [1.54, 1.807) is 13.4 Å². The summed E-state index contributed by atoms with van der Waals surface area (Å²) in [7, 11) is -0.935. The summed E-state index contributed by atoms with van der Waals surface area (Å²) in [5.74, 6) is -0.797. The van der Waals surface area contributed by atoms with Crippen LogP contribution in [0.4, 0.5) is 18.9 Å². The zero-order chi connectivity index (χ0) is 22.8. The lowest BCUT2D eigenvalue weighted by Gasteiger charge is -2.27. The first kappa shape index (κ1) is 22.8. The molecular formula is C19H21F3N4O4S. The van der Waals surface area contributed by atoms with Crippen molar-refractivity contribution in [1.82, 2.24) is 14.1 Å². The van der Waals surface area contributed by atoms with Gasteiger partial charge in [0.2, 0.25) is 10.0 Å². The largest absolute Gasteiger partial charge is 0.504 e. The van der Waals surface area contributed by atoms with Crippen LogP contribution < -0.4 is 5.32 Å². The first-order valence-electron chi connectivity index (χ1n) is 9.26. The van der Waals surface area contributed by atoms with Crippen molar-refractivity contribution in [2.75, 3.05) is 25.5 Å². The van der Waals surface area contributed by atoms with E-state index in [9.17, 15) is 26.4 Å². The van der Waals surface area contributed by atoms with Gasteiger partial charge in [-0.1, -0.05) is 0 Å². The molecule has 2 aromatic rings. The molecule has 2 heterocycles. The Balaban J connectivity index is 1.70. The molecule has 0 spiro atoms. The van der Waals surface area contributed by atoms with Crippen LogP contribution in [0.5, 0.6) is 0 Å². The molecule has 8 nitrogen and oxygen atoms in total. The van der Waals surface area contributed by atoms with Crippen LogP contribution in [-0.2, 0) is 28.0 Å². The molecule has 0 aliphatic carbocycles. The van der Waals surface area contributed by atoms with Crippen molar-refractivity contribution in [3.05, 3.63) is 53.6 Å². The summed E-state index contributed by atoms with van der Waals surface area (Å²) >= 11 is 0. The highest BCUT2D eigenvalue weighted by molar-refractivity contribution is 7.89. The molecule has 0 radical (unpaired) electrons. The Labute approximate surface area is 177 Å². The molecule has 168 valence electrons. The fourth-order valence-electron chi connectivity index (χ4n) is 3.17. The molecule has 1 aromatic carbocycles. The predicted molar refractivity (Wildman–Crippen MR) is 106 cm³/mol. The number of ether oxygens (including phenoxy) is 1. The van der Waals surface area contributed by atoms with E-state index in [4.69, 9.17) is 4.74 Å². The summed E-state index contributed by atoms with van der Waals surface area (Å²) < 4.78 is 71.1. The van der Waals surface area contributed by atoms with Gasteiger partial charge in [-0.05, 0) is 42.7 Å². The molecule has 1 aromatic heterocycles. The number of aromatic nitrogens is 2. The van der Waals surface area contributed by atoms with Crippen LogP contribution in [0, 0.1) is 0 Å². The molecule has 12 heteroatoms. The van der Waals surface area contributed by atoms with Gasteiger partial charge in [-0.3, -0.25) is 9.48 Å². The molecule has 1 amide bonds. The lowest BCUT2D eigenvalue weighted by atomic mass is 10.1. The fourth-order valence-corrected chi connectivity index (χ4v) is 4.61. The van der Waals surface area contributed by atoms with Gasteiger partial charge >= 0.3 is 6.18 Å². The number of carbonyl (C=O) groups excluding carboxylic acids is 1. The lowest BCUT2D eigenvalue weighted by molar-refractivity contribution is -0.141. The molecule has 1 aliphatic rings. The third kappa shape index (κ3) is 5.07. The minimum atomic E-state index is -4.67. The van der Waals surface area contributed by atoms with Crippen molar-refractivity contribution < 1.29 is 31.1 Å². The van der Waals surface area contributed by atoms with Gasteiger partial charge in [-0.2, -0.15) is 22.6 Å². The quantitative estimate of drug-likeness (QED) is 0.696. The van der Waals surface area contributed by atoms with Crippen LogP contribution in [0.15, 0.2) is 47.1 Å². The Hall–Kier alpha value is -2.86. The zero-order valence-electron chi connectivity index (χ0n) is 16.8. The van der Waals surface area contributed by atoms with Crippen molar-refractivity contribution in [2.24, 2.45) is 7.05 Å². The average Bonchev–Trinajstić information content (AvgIpc) is 3.11. The topological polar surface area (TPSA) is 93.5 Å². The molecule has 0 unspecified atom stereocenters. The second-order valence-corrected chi connectivity index (χ2v) is 8.87. The molecule has 1 saturated heterocycles. The highest BCUT2D eigenvalue weighted by Gasteiger charge is 2.35. The Morgan fingerprint density at radius 1 is 1.19 bits per heavy atom. The summed E-state index contributed by atoms with van der Waals surface area (Å²) in [6, 6.07) is 6.10. The summed E-state index contributed by atoms with van der Waals surface area (Å²) in [5.41, 5.74) is -0.178. The number of piperidine rings is 1. The molecular weight excluding hydrogens is 437 g/mol. The van der Waals surface area contributed by atoms with Gasteiger partial charge < -0.3 is 10.1 Å². The number of carbonyl (C=O) groups is 1. The van der Waals surface area contributed by atoms with Gasteiger partial charge in [-0.25, -0.2) is 8.42 Å². The third-order valence-corrected chi connectivity index (χ3v) is 6.71. The Bertz CT molecular complexity index is 1080. The number of benzene rings is 1. The maximum atomic E-state index is 12.8. The third-order valence-electron chi connectivity index (χ3n) is 4.80. The van der Waals surface area contributed by atoms with Crippen LogP contribution in [-0.4, -0.2) is 48.6 Å². The van der Waals surface area contributed by atoms with Crippen LogP contribution in [0.25, 0.3) is 0 Å². The average molecular weight is 458 g/mol. The summed E-state index contributed by atoms with van der Waals surface area (Å²) in [5, 5.41) is 5.74. The van der Waals surface area contributed by atoms with E-state index in [0.717, 1.165) is 10.3 Å². The number of nitrogens with one attached hydrogen (secondary N) is 1. The number of rotatable bonds is 5. The van der Waals surface area contributed by atoms with Crippen LogP contribution in [0.1, 0.15) is 29.0 Å². The number of alkyl halides is 3. The first-order valence-corrected chi connectivity index (χ1v) is 10.7. The molecule has 1 N–H and O–H groups in total. The minimum absolute atomic E-state index is 0.0598. The normalized spacial score (nSPS) is 15.6. The number of nitrogens with zero attached hydrogens (tertiary/aromatic N) is 3. The van der Waals surface area contributed by atoms with Gasteiger partial charge in [0.05, 0.1) is 18.3 Å². The smallest absolute Gasteiger partial charge is 0.435 e. The lowest BCUT2D eigenvalue weighted by Crippen LogP contribution is -2.36. The van der Waals surface area contributed by atoms with E-state index in [0.29, 0.717) is 32.0 Å². The van der Waals surface area contributed by atoms with Gasteiger partial charge in [0.15, 0.2) is 5.69 Å². The maximum absolute atomic E-state index is 12.8. The zero-order valence-corrected chi connectivity index (χ0v) is 17.6. The fraction of sp³-hybridized carbons (Fsp3) is 0.368. The van der Waals surface area contributed by atoms with Crippen molar-refractivity contribution in [3.8, 4) is 0 Å². The SMILES string of the molecule is COC=C1CCN(S(=O)(=O)c2ccc(NC(=O)c3cc(C(F)(F)F)nn3C)cc2)CC1. The number of halogens is 3. The van der Waals surface area contributed by atoms with E-state index >= 15 is 0 Å². The molecule has 0 saturated carbocycles. The standard InChI is InChI=1S/C19H21F3N4O4S/c1-25-16(11-17(24-25)19(20,21)22)18(27)23-14-3-5-15(6-4-14)31(28,29)26-9-7-13(8-10-26)12-30-2/h3-6,11-12H,7-10H2,1-2H3,(H,23,27). The van der Waals surface area contributed by atoms with Crippen LogP contribution in [0.3, 0.4) is 0 Å². The van der Waals surface area contributed by atoms with Crippen molar-refractivity contribution >= 4 is 21.6 Å². The van der Waals surface area contributed by atoms with E-state index in [1.807, 2.05) is 0 Å². The van der Waals surface area contributed by atoms with Crippen LogP contribution in [0.2, 0.25) is 0 Å². The number of anilines is 1. The summed E-state index contributed by atoms with van der Waals surface area (Å²) in [4.78, 5) is 12.4. The van der Waals surface area contributed by atoms with E-state index in [-0.39, 0.29) is 16.3 Å². The molecule has 0 atom stereocenters. The highest BCUT2D eigenvalue weighted by Crippen LogP contribution is 2.29. The molecule has 0 bridgehead atoms. The molecule has 3 rings (SSSR count). The minimum Gasteiger partial charge on any atom is -0.504 e. The molecule has 1 aliphatic heterocycles. The van der Waals surface area contributed by atoms with Gasteiger partial charge in [0.25, 0.3) is 5.91 Å². The summed E-state index contributed by atoms with van der Waals surface area (Å²) in [6.45, 7) is 0.663. The number of methoxy groups -OCH3 is 1. The number of hydrogen-bond donors (Lipinski definition) is 1. The highest BCUT2D eigenvalue weighted by atomic mass is 32.2. The second kappa shape index (κ2) is 8.71. The van der Waals surface area contributed by atoms with Gasteiger partial charge in [-0.15, -0.1) is 0 Å². The predicted octanol–water partition coefficient (Wildman–Crippen LogP) is 3.01. The molecule has 1 fully saturated rings. The molecule has 31 heavy (non-hydrogen) atoms. The second-order valence-electron chi connectivity index (χ2n) is 6.93. The van der Waals surface area contributed by atoms with Crippen molar-refractivity contribution in [2.45, 2.75) is 23.9 Å². The van der Waals surface area contributed by atoms with E-state index < -0.39 is 27.8 Å². The Morgan fingerprint density at radius 3 is 2.32 bits per heavy atom. The van der Waals surface area contributed by atoms with Crippen molar-refractivity contribution in [1.29, 1.82) is 0 Å². The Morgan fingerprint density at radius 2 is 1.81 bits per heavy atom. The Kier molecular flexibility index (Phi) is 6.41. The maximum Gasteiger partial charge on any atom is 0.435 e. The number of amides is 1. The number of aryl methyl sites for hydroxylation is 1. The van der Waals surface area contributed by atoms with E-state index in [2.05, 4.69) is 10.4 Å². The monoisotopic (exact) mass is 458 g/mol. The van der Waals surface area contributed by atoms with Crippen LogP contribution >= 0.6 is 0 Å². The van der Waals surface area contributed by atoms with Crippen molar-refractivity contribution in [3.63, 3.8) is 0 Å². The van der Waals surface area contributed by atoms with Gasteiger partial charge in [0, 0.05) is 31.9 Å². The van der Waals surface area contributed by atoms with E-state index in [1.165, 1.54) is 35.6 Å². The summed E-state index contributed by atoms with van der Waals surface area (Å²) in [6.07, 6.45) is -1.89. The first-order chi connectivity index (χ1) is 14.5. The number of hydrogen-bond acceptors (Lipinski definition) is 5. The van der Waals surface area contributed by atoms with Gasteiger partial charge in [0.1, 0.15) is 5.69 Å². The number of sulfonamides is 1.